The molecule has 0 radical (unpaired) electrons. The van der Waals surface area contributed by atoms with Crippen molar-refractivity contribution in [1.29, 1.82) is 21.2 Å². The van der Waals surface area contributed by atoms with Crippen molar-refractivity contribution in [1.82, 2.24) is 0 Å². The fraction of sp³-hybridized carbons (Fsp3) is 0.750. The van der Waals surface area contributed by atoms with Crippen LogP contribution in [-0.2, 0) is 9.47 Å². The van der Waals surface area contributed by atoms with E-state index in [9.17, 15) is 15.8 Å². The molecule has 0 saturated carbocycles. The van der Waals surface area contributed by atoms with Crippen LogP contribution in [0.1, 0.15) is 46.0 Å². The van der Waals surface area contributed by atoms with Crippen molar-refractivity contribution in [2.75, 3.05) is 0 Å². The van der Waals surface area contributed by atoms with Crippen molar-refractivity contribution in [3.8, 4) is 18.2 Å². The van der Waals surface area contributed by atoms with Gasteiger partial charge < -0.3 is 9.47 Å². The molecule has 0 aromatic carbocycles. The average Bonchev–Trinajstić information content (AvgIpc) is 2.74. The summed E-state index contributed by atoms with van der Waals surface area (Å²) in [5.41, 5.74) is -3.23. The summed E-state index contributed by atoms with van der Waals surface area (Å²) in [4.78, 5) is 0. The third-order valence-corrected chi connectivity index (χ3v) is 4.83. The SMILES string of the molecule is CCCCC1OC2OC(=N)C(C#N)(C2CCC)C1(C#N)C#N. The molecule has 4 atom stereocenters. The molecule has 2 rings (SSSR count). The highest BCUT2D eigenvalue weighted by Gasteiger charge is 2.74. The summed E-state index contributed by atoms with van der Waals surface area (Å²) in [6.45, 7) is 3.97. The van der Waals surface area contributed by atoms with Gasteiger partial charge in [0, 0.05) is 0 Å². The lowest BCUT2D eigenvalue weighted by Gasteiger charge is -2.45. The Balaban J connectivity index is 2.59. The Kier molecular flexibility index (Phi) is 4.40. The van der Waals surface area contributed by atoms with E-state index in [1.807, 2.05) is 26.0 Å². The van der Waals surface area contributed by atoms with Crippen LogP contribution in [0, 0.1) is 56.2 Å². The quantitative estimate of drug-likeness (QED) is 0.838. The molecule has 2 aliphatic heterocycles. The topological polar surface area (TPSA) is 114 Å². The lowest BCUT2D eigenvalue weighted by atomic mass is 9.54. The first kappa shape index (κ1) is 16.3. The van der Waals surface area contributed by atoms with Crippen molar-refractivity contribution < 1.29 is 9.47 Å². The Morgan fingerprint density at radius 3 is 2.27 bits per heavy atom. The van der Waals surface area contributed by atoms with Crippen LogP contribution >= 0.6 is 0 Å². The maximum atomic E-state index is 9.85. The Bertz CT molecular complexity index is 568. The zero-order chi connectivity index (χ0) is 16.4. The van der Waals surface area contributed by atoms with Gasteiger partial charge in [-0.1, -0.05) is 33.1 Å². The molecule has 2 fully saturated rings. The van der Waals surface area contributed by atoms with E-state index in [-0.39, 0.29) is 5.90 Å². The largest absolute Gasteiger partial charge is 0.450 e. The molecule has 0 aliphatic carbocycles. The smallest absolute Gasteiger partial charge is 0.207 e. The van der Waals surface area contributed by atoms with E-state index in [0.717, 1.165) is 19.3 Å². The van der Waals surface area contributed by atoms with Gasteiger partial charge >= 0.3 is 0 Å². The number of nitriles is 3. The Labute approximate surface area is 130 Å². The molecule has 6 nitrogen and oxygen atoms in total. The number of unbranched alkanes of at least 4 members (excludes halogenated alkanes) is 1. The molecule has 2 aliphatic rings. The molecule has 0 amide bonds. The monoisotopic (exact) mass is 300 g/mol. The van der Waals surface area contributed by atoms with Crippen molar-refractivity contribution in [3.05, 3.63) is 0 Å². The maximum absolute atomic E-state index is 9.85. The van der Waals surface area contributed by atoms with Crippen LogP contribution in [0.25, 0.3) is 0 Å². The van der Waals surface area contributed by atoms with Gasteiger partial charge in [-0.15, -0.1) is 0 Å². The zero-order valence-corrected chi connectivity index (χ0v) is 12.9. The molecule has 22 heavy (non-hydrogen) atoms. The molecule has 0 aromatic rings. The van der Waals surface area contributed by atoms with E-state index < -0.39 is 29.1 Å². The summed E-state index contributed by atoms with van der Waals surface area (Å²) in [5, 5.41) is 37.5. The minimum absolute atomic E-state index is 0.291. The maximum Gasteiger partial charge on any atom is 0.207 e. The number of hydrogen-bond donors (Lipinski definition) is 1. The molecule has 2 heterocycles. The first-order valence-corrected chi connectivity index (χ1v) is 7.72. The number of nitrogens with one attached hydrogen (secondary N) is 1. The molecule has 2 bridgehead atoms. The van der Waals surface area contributed by atoms with Crippen LogP contribution in [-0.4, -0.2) is 18.3 Å². The Morgan fingerprint density at radius 2 is 1.77 bits per heavy atom. The fourth-order valence-corrected chi connectivity index (χ4v) is 3.68. The molecule has 2 saturated heterocycles. The van der Waals surface area contributed by atoms with Gasteiger partial charge in [0.2, 0.25) is 12.2 Å². The summed E-state index contributed by atoms with van der Waals surface area (Å²) >= 11 is 0. The number of fused-ring (bicyclic) bond motifs is 2. The summed E-state index contributed by atoms with van der Waals surface area (Å²) < 4.78 is 11.3. The molecular formula is C16H20N4O2. The van der Waals surface area contributed by atoms with E-state index in [1.54, 1.807) is 0 Å². The summed E-state index contributed by atoms with van der Waals surface area (Å²) in [6.07, 6.45) is 2.12. The van der Waals surface area contributed by atoms with Crippen LogP contribution < -0.4 is 0 Å². The third-order valence-electron chi connectivity index (χ3n) is 4.83. The third kappa shape index (κ3) is 1.83. The van der Waals surface area contributed by atoms with Gasteiger partial charge in [0.25, 0.3) is 0 Å². The van der Waals surface area contributed by atoms with Crippen LogP contribution in [0.2, 0.25) is 0 Å². The molecular weight excluding hydrogens is 280 g/mol. The number of rotatable bonds is 5. The Morgan fingerprint density at radius 1 is 1.09 bits per heavy atom. The van der Waals surface area contributed by atoms with Gasteiger partial charge in [-0.3, -0.25) is 5.41 Å². The summed E-state index contributed by atoms with van der Waals surface area (Å²) in [6, 6.07) is 6.19. The van der Waals surface area contributed by atoms with Crippen molar-refractivity contribution in [3.63, 3.8) is 0 Å². The predicted molar refractivity (Wildman–Crippen MR) is 77.1 cm³/mol. The van der Waals surface area contributed by atoms with E-state index >= 15 is 0 Å². The molecule has 0 spiro atoms. The van der Waals surface area contributed by atoms with E-state index in [4.69, 9.17) is 14.9 Å². The number of nitrogens with zero attached hydrogens (tertiary/aromatic N) is 3. The fourth-order valence-electron chi connectivity index (χ4n) is 3.68. The standard InChI is InChI=1S/C16H20N4O2/c1-3-5-7-12-15(8-17,9-18)16(10-19)11(6-4-2)13(21-12)22-14(16)20/h11-13,20H,3-7H2,1-2H3. The van der Waals surface area contributed by atoms with Crippen molar-refractivity contribution >= 4 is 5.90 Å². The predicted octanol–water partition coefficient (Wildman–Crippen LogP) is 2.87. The van der Waals surface area contributed by atoms with Gasteiger partial charge in [0.15, 0.2) is 10.8 Å². The second-order valence-corrected chi connectivity index (χ2v) is 5.93. The normalized spacial score (nSPS) is 35.0. The van der Waals surface area contributed by atoms with Crippen LogP contribution in [0.15, 0.2) is 0 Å². The second kappa shape index (κ2) is 5.95. The highest BCUT2D eigenvalue weighted by atomic mass is 16.7. The van der Waals surface area contributed by atoms with Crippen LogP contribution in [0.5, 0.6) is 0 Å². The van der Waals surface area contributed by atoms with E-state index in [0.29, 0.717) is 12.8 Å². The first-order chi connectivity index (χ1) is 10.6. The van der Waals surface area contributed by atoms with Gasteiger partial charge in [-0.05, 0) is 12.8 Å². The highest BCUT2D eigenvalue weighted by Crippen LogP contribution is 2.60. The van der Waals surface area contributed by atoms with Gasteiger partial charge in [0.1, 0.15) is 0 Å². The number of hydrogen-bond acceptors (Lipinski definition) is 6. The van der Waals surface area contributed by atoms with E-state index in [2.05, 4.69) is 6.07 Å². The minimum atomic E-state index is -1.69. The molecule has 116 valence electrons. The average molecular weight is 300 g/mol. The highest BCUT2D eigenvalue weighted by molar-refractivity contribution is 5.88. The van der Waals surface area contributed by atoms with Crippen LogP contribution in [0.4, 0.5) is 0 Å². The van der Waals surface area contributed by atoms with E-state index in [1.165, 1.54) is 0 Å². The van der Waals surface area contributed by atoms with Crippen molar-refractivity contribution in [2.24, 2.45) is 16.7 Å². The van der Waals surface area contributed by atoms with Gasteiger partial charge in [0.05, 0.1) is 30.2 Å². The first-order valence-electron chi connectivity index (χ1n) is 7.72. The van der Waals surface area contributed by atoms with Gasteiger partial charge in [-0.25, -0.2) is 0 Å². The molecule has 4 unspecified atom stereocenters. The molecule has 6 heteroatoms. The Hall–Kier alpha value is -2.10. The van der Waals surface area contributed by atoms with Gasteiger partial charge in [-0.2, -0.15) is 15.8 Å². The zero-order valence-electron chi connectivity index (χ0n) is 12.9. The lowest BCUT2D eigenvalue weighted by Crippen LogP contribution is -2.58. The van der Waals surface area contributed by atoms with Crippen molar-refractivity contribution in [2.45, 2.75) is 58.3 Å². The minimum Gasteiger partial charge on any atom is -0.450 e. The summed E-state index contributed by atoms with van der Waals surface area (Å²) in [5.74, 6) is -0.743. The second-order valence-electron chi connectivity index (χ2n) is 5.93. The lowest BCUT2D eigenvalue weighted by molar-refractivity contribution is -0.203. The molecule has 1 N–H and O–H groups in total. The number of ether oxygens (including phenoxy) is 2. The summed E-state index contributed by atoms with van der Waals surface area (Å²) in [7, 11) is 0. The molecule has 0 aromatic heterocycles. The van der Waals surface area contributed by atoms with Crippen LogP contribution in [0.3, 0.4) is 0 Å².